The molecule has 58 valence electrons. The van der Waals surface area contributed by atoms with Crippen molar-refractivity contribution < 1.29 is 0 Å². The van der Waals surface area contributed by atoms with Gasteiger partial charge in [-0.1, -0.05) is 63.8 Å². The lowest BCUT2D eigenvalue weighted by atomic mass is 10.4. The summed E-state index contributed by atoms with van der Waals surface area (Å²) >= 11 is 2.44. The van der Waals surface area contributed by atoms with Crippen LogP contribution in [0.25, 0.3) is 0 Å². The van der Waals surface area contributed by atoms with Gasteiger partial charge < -0.3 is 0 Å². The Hall–Kier alpha value is -0.0931. The van der Waals surface area contributed by atoms with E-state index in [2.05, 4.69) is 65.2 Å². The van der Waals surface area contributed by atoms with Gasteiger partial charge in [0.2, 0.25) is 0 Å². The summed E-state index contributed by atoms with van der Waals surface area (Å²) in [6.07, 6.45) is 0. The minimum Gasteiger partial charge on any atom is -0.107 e. The van der Waals surface area contributed by atoms with Crippen molar-refractivity contribution in [3.63, 3.8) is 0 Å². The first-order valence-electron chi connectivity index (χ1n) is 3.62. The Labute approximate surface area is 83.1 Å². The van der Waals surface area contributed by atoms with E-state index in [0.717, 1.165) is 0 Å². The Balaban J connectivity index is 2.82. The Morgan fingerprint density at radius 1 is 1.36 bits per heavy atom. The summed E-state index contributed by atoms with van der Waals surface area (Å²) in [6, 6.07) is 10.7. The third-order valence-corrected chi connectivity index (χ3v) is 6.67. The largest absolute Gasteiger partial charge is 0.107 e. The summed E-state index contributed by atoms with van der Waals surface area (Å²) in [5, 5.41) is 1.50. The number of alkyl halides is 1. The molecular formula is C9H11ISi. The number of halogens is 1. The number of rotatable bonds is 3. The molecule has 0 saturated carbocycles. The van der Waals surface area contributed by atoms with Crippen LogP contribution in [0.3, 0.4) is 0 Å². The fourth-order valence-electron chi connectivity index (χ4n) is 0.988. The van der Waals surface area contributed by atoms with Gasteiger partial charge in [-0.2, -0.15) is 0 Å². The lowest BCUT2D eigenvalue weighted by Crippen LogP contribution is -2.29. The van der Waals surface area contributed by atoms with Crippen molar-refractivity contribution in [3.05, 3.63) is 42.6 Å². The monoisotopic (exact) mass is 274 g/mol. The molecule has 0 fully saturated rings. The fraction of sp³-hybridized carbons (Fsp3) is 0.111. The summed E-state index contributed by atoms with van der Waals surface area (Å²) in [5.41, 5.74) is 2.14. The van der Waals surface area contributed by atoms with E-state index >= 15 is 0 Å². The van der Waals surface area contributed by atoms with Crippen LogP contribution in [0.15, 0.2) is 42.6 Å². The maximum atomic E-state index is 3.87. The Kier molecular flexibility index (Phi) is 3.86. The van der Waals surface area contributed by atoms with Crippen molar-refractivity contribution >= 4 is 36.6 Å². The molecule has 0 radical (unpaired) electrons. The second-order valence-corrected chi connectivity index (χ2v) is 7.71. The summed E-state index contributed by atoms with van der Waals surface area (Å²) < 4.78 is 1.24. The van der Waals surface area contributed by atoms with Gasteiger partial charge in [0.15, 0.2) is 0 Å². The van der Waals surface area contributed by atoms with Gasteiger partial charge in [-0.15, -0.1) is 6.58 Å². The van der Waals surface area contributed by atoms with Crippen molar-refractivity contribution in [2.45, 2.75) is 0 Å². The zero-order chi connectivity index (χ0) is 8.10. The zero-order valence-corrected chi connectivity index (χ0v) is 9.65. The molecule has 0 amide bonds. The van der Waals surface area contributed by atoms with E-state index in [1.807, 2.05) is 0 Å². The molecule has 0 aliphatic rings. The van der Waals surface area contributed by atoms with Gasteiger partial charge in [0, 0.05) is 4.05 Å². The number of hydrogen-bond acceptors (Lipinski definition) is 0. The van der Waals surface area contributed by atoms with Crippen molar-refractivity contribution in [2.75, 3.05) is 4.05 Å². The normalized spacial score (nSPS) is 12.5. The first-order valence-corrected chi connectivity index (χ1v) is 7.20. The molecule has 0 saturated heterocycles. The molecule has 1 rings (SSSR count). The molecule has 11 heavy (non-hydrogen) atoms. The van der Waals surface area contributed by atoms with E-state index in [1.165, 1.54) is 9.24 Å². The van der Waals surface area contributed by atoms with Crippen LogP contribution in [-0.4, -0.2) is 12.8 Å². The van der Waals surface area contributed by atoms with E-state index in [4.69, 9.17) is 0 Å². The predicted octanol–water partition coefficient (Wildman–Crippen LogP) is 1.82. The first kappa shape index (κ1) is 9.00. The molecule has 0 aliphatic carbocycles. The van der Waals surface area contributed by atoms with Gasteiger partial charge in [0.1, 0.15) is 8.80 Å². The molecule has 0 N–H and O–H groups in total. The molecule has 1 aromatic carbocycles. The maximum absolute atomic E-state index is 3.87. The second kappa shape index (κ2) is 4.72. The van der Waals surface area contributed by atoms with E-state index < -0.39 is 8.80 Å². The second-order valence-electron chi connectivity index (χ2n) is 2.41. The topological polar surface area (TPSA) is 0 Å². The fourth-order valence-corrected chi connectivity index (χ4v) is 4.89. The predicted molar refractivity (Wildman–Crippen MR) is 62.3 cm³/mol. The highest BCUT2D eigenvalue weighted by molar-refractivity contribution is 14.1. The van der Waals surface area contributed by atoms with E-state index in [1.54, 1.807) is 0 Å². The van der Waals surface area contributed by atoms with Crippen LogP contribution in [0.4, 0.5) is 0 Å². The van der Waals surface area contributed by atoms with Gasteiger partial charge in [0.05, 0.1) is 0 Å². The van der Waals surface area contributed by atoms with Crippen LogP contribution in [0.5, 0.6) is 0 Å². The molecular weight excluding hydrogens is 263 g/mol. The molecule has 2 heteroatoms. The Morgan fingerprint density at radius 3 is 2.45 bits per heavy atom. The maximum Gasteiger partial charge on any atom is 0.103 e. The number of benzene rings is 1. The molecule has 0 nitrogen and oxygen atoms in total. The third kappa shape index (κ3) is 2.45. The van der Waals surface area contributed by atoms with Crippen LogP contribution >= 0.6 is 22.6 Å². The average molecular weight is 274 g/mol. The molecule has 1 aromatic rings. The van der Waals surface area contributed by atoms with Crippen LogP contribution in [0.1, 0.15) is 0 Å². The highest BCUT2D eigenvalue weighted by Crippen LogP contribution is 1.93. The van der Waals surface area contributed by atoms with Gasteiger partial charge >= 0.3 is 0 Å². The van der Waals surface area contributed by atoms with Crippen molar-refractivity contribution in [1.29, 1.82) is 0 Å². The molecule has 0 spiro atoms. The Bertz CT molecular complexity index is 220. The number of hydrogen-bond donors (Lipinski definition) is 0. The molecule has 1 atom stereocenters. The standard InChI is InChI=1S/C9H11ISi/c1-2-11(8-10)9-6-4-3-5-7-9/h2-7,11H,1,8H2. The van der Waals surface area contributed by atoms with E-state index in [0.29, 0.717) is 0 Å². The molecule has 0 bridgehead atoms. The molecule has 1 unspecified atom stereocenters. The zero-order valence-electron chi connectivity index (χ0n) is 6.33. The molecule has 0 aromatic heterocycles. The van der Waals surface area contributed by atoms with Crippen molar-refractivity contribution in [1.82, 2.24) is 0 Å². The summed E-state index contributed by atoms with van der Waals surface area (Å²) in [7, 11) is -0.800. The minimum absolute atomic E-state index is 0.800. The quantitative estimate of drug-likeness (QED) is 0.448. The third-order valence-electron chi connectivity index (χ3n) is 1.68. The van der Waals surface area contributed by atoms with Crippen molar-refractivity contribution in [3.8, 4) is 0 Å². The highest BCUT2D eigenvalue weighted by atomic mass is 127. The van der Waals surface area contributed by atoms with Gasteiger partial charge in [-0.3, -0.25) is 0 Å². The van der Waals surface area contributed by atoms with Crippen LogP contribution in [0, 0.1) is 0 Å². The van der Waals surface area contributed by atoms with E-state index in [-0.39, 0.29) is 0 Å². The first-order chi connectivity index (χ1) is 5.38. The average Bonchev–Trinajstić information content (AvgIpc) is 2.09. The Morgan fingerprint density at radius 2 is 2.00 bits per heavy atom. The summed E-state index contributed by atoms with van der Waals surface area (Å²) in [6.45, 7) is 3.87. The van der Waals surface area contributed by atoms with Crippen molar-refractivity contribution in [2.24, 2.45) is 0 Å². The van der Waals surface area contributed by atoms with Crippen LogP contribution < -0.4 is 5.19 Å². The molecule has 0 aliphatic heterocycles. The SMILES string of the molecule is C=C[SiH](CI)c1ccccc1. The van der Waals surface area contributed by atoms with Gasteiger partial charge in [0.25, 0.3) is 0 Å². The van der Waals surface area contributed by atoms with E-state index in [9.17, 15) is 0 Å². The van der Waals surface area contributed by atoms with Crippen LogP contribution in [-0.2, 0) is 0 Å². The lowest BCUT2D eigenvalue weighted by Gasteiger charge is -2.05. The summed E-state index contributed by atoms with van der Waals surface area (Å²) in [4.78, 5) is 0. The van der Waals surface area contributed by atoms with Crippen LogP contribution in [0.2, 0.25) is 0 Å². The smallest absolute Gasteiger partial charge is 0.103 e. The summed E-state index contributed by atoms with van der Waals surface area (Å²) in [5.74, 6) is 0. The highest BCUT2D eigenvalue weighted by Gasteiger charge is 2.04. The molecule has 0 heterocycles. The van der Waals surface area contributed by atoms with Gasteiger partial charge in [-0.05, 0) is 0 Å². The van der Waals surface area contributed by atoms with Gasteiger partial charge in [-0.25, -0.2) is 0 Å². The lowest BCUT2D eigenvalue weighted by molar-refractivity contribution is 1.75. The minimum atomic E-state index is -0.800.